The number of rotatable bonds is 0. The van der Waals surface area contributed by atoms with Gasteiger partial charge in [-0.2, -0.15) is 8.42 Å². The normalized spacial score (nSPS) is 28.9. The minimum absolute atomic E-state index is 0.281. The smallest absolute Gasteiger partial charge is 0.326 e. The zero-order chi connectivity index (χ0) is 10.5. The molecule has 7 heteroatoms. The van der Waals surface area contributed by atoms with Gasteiger partial charge < -0.3 is 11.5 Å². The van der Waals surface area contributed by atoms with E-state index in [1.807, 2.05) is 0 Å². The monoisotopic (exact) mass is 212 g/mol. The molecule has 0 amide bonds. The van der Waals surface area contributed by atoms with Gasteiger partial charge in [0.2, 0.25) is 0 Å². The van der Waals surface area contributed by atoms with E-state index in [0.29, 0.717) is 0 Å². The second-order valence-corrected chi connectivity index (χ2v) is 3.96. The Morgan fingerprint density at radius 1 is 1.00 bits per heavy atom. The van der Waals surface area contributed by atoms with E-state index in [1.165, 1.54) is 12.8 Å². The summed E-state index contributed by atoms with van der Waals surface area (Å²) in [6, 6.07) is 0.562. The lowest BCUT2D eigenvalue weighted by Crippen LogP contribution is -2.43. The lowest BCUT2D eigenvalue weighted by atomic mass is 9.92. The number of hydrogen-bond donors (Lipinski definition) is 4. The van der Waals surface area contributed by atoms with Crippen LogP contribution < -0.4 is 11.5 Å². The zero-order valence-electron chi connectivity index (χ0n) is 7.26. The summed E-state index contributed by atoms with van der Waals surface area (Å²) in [5.74, 6) is 0. The second kappa shape index (κ2) is 5.51. The summed E-state index contributed by atoms with van der Waals surface area (Å²) in [5, 5.41) is 0. The van der Waals surface area contributed by atoms with Gasteiger partial charge in [-0.3, -0.25) is 9.11 Å². The first-order valence-electron chi connectivity index (χ1n) is 4.01. The Kier molecular flexibility index (Phi) is 5.42. The van der Waals surface area contributed by atoms with Crippen molar-refractivity contribution in [1.29, 1.82) is 0 Å². The fourth-order valence-corrected chi connectivity index (χ4v) is 1.19. The molecule has 0 spiro atoms. The minimum atomic E-state index is -4.67. The van der Waals surface area contributed by atoms with Gasteiger partial charge in [0, 0.05) is 12.1 Å². The molecule has 0 aromatic carbocycles. The SMILES string of the molecule is NC1CCCC[C@H]1N.O=S(=O)(O)O. The molecule has 0 radical (unpaired) electrons. The van der Waals surface area contributed by atoms with Gasteiger partial charge in [-0.05, 0) is 12.8 Å². The topological polar surface area (TPSA) is 127 Å². The van der Waals surface area contributed by atoms with Crippen molar-refractivity contribution in [3.63, 3.8) is 0 Å². The first-order chi connectivity index (χ1) is 5.80. The number of nitrogens with two attached hydrogens (primary N) is 2. The van der Waals surface area contributed by atoms with Crippen molar-refractivity contribution >= 4 is 10.4 Å². The van der Waals surface area contributed by atoms with Crippen LogP contribution in [-0.2, 0) is 10.4 Å². The molecular formula is C6H16N2O4S. The Bertz CT molecular complexity index is 211. The van der Waals surface area contributed by atoms with Crippen LogP contribution in [0.25, 0.3) is 0 Å². The Balaban J connectivity index is 0.000000252. The molecular weight excluding hydrogens is 196 g/mol. The predicted octanol–water partition coefficient (Wildman–Crippen LogP) is -0.438. The third-order valence-corrected chi connectivity index (χ3v) is 1.87. The summed E-state index contributed by atoms with van der Waals surface area (Å²) in [6.45, 7) is 0. The van der Waals surface area contributed by atoms with E-state index in [-0.39, 0.29) is 12.1 Å². The molecule has 2 atom stereocenters. The third-order valence-electron chi connectivity index (χ3n) is 1.87. The molecule has 0 aliphatic heterocycles. The molecule has 0 aromatic heterocycles. The summed E-state index contributed by atoms with van der Waals surface area (Å²) >= 11 is 0. The molecule has 1 saturated carbocycles. The molecule has 1 aliphatic rings. The highest BCUT2D eigenvalue weighted by atomic mass is 32.3. The Labute approximate surface area is 77.9 Å². The largest absolute Gasteiger partial charge is 0.394 e. The summed E-state index contributed by atoms with van der Waals surface area (Å²) in [4.78, 5) is 0. The Morgan fingerprint density at radius 2 is 1.23 bits per heavy atom. The van der Waals surface area contributed by atoms with Crippen LogP contribution in [0.5, 0.6) is 0 Å². The highest BCUT2D eigenvalue weighted by Gasteiger charge is 2.16. The molecule has 1 unspecified atom stereocenters. The van der Waals surface area contributed by atoms with Crippen LogP contribution in [0.3, 0.4) is 0 Å². The molecule has 0 bridgehead atoms. The molecule has 80 valence electrons. The van der Waals surface area contributed by atoms with Crippen LogP contribution in [0.15, 0.2) is 0 Å². The summed E-state index contributed by atoms with van der Waals surface area (Å²) < 4.78 is 31.6. The Hall–Kier alpha value is -0.210. The molecule has 6 nitrogen and oxygen atoms in total. The van der Waals surface area contributed by atoms with Crippen LogP contribution >= 0.6 is 0 Å². The maximum absolute atomic E-state index is 8.74. The molecule has 0 saturated heterocycles. The van der Waals surface area contributed by atoms with Crippen molar-refractivity contribution in [2.75, 3.05) is 0 Å². The van der Waals surface area contributed by atoms with Crippen molar-refractivity contribution in [1.82, 2.24) is 0 Å². The summed E-state index contributed by atoms with van der Waals surface area (Å²) in [6.07, 6.45) is 4.80. The fraction of sp³-hybridized carbons (Fsp3) is 1.00. The molecule has 1 rings (SSSR count). The van der Waals surface area contributed by atoms with Crippen molar-refractivity contribution < 1.29 is 17.5 Å². The third kappa shape index (κ3) is 9.71. The van der Waals surface area contributed by atoms with E-state index >= 15 is 0 Å². The molecule has 0 heterocycles. The first kappa shape index (κ1) is 12.8. The standard InChI is InChI=1S/C6H14N2.H2O4S/c7-5-3-1-2-4-6(5)8;1-5(2,3)4/h5-6H,1-4,7-8H2;(H2,1,2,3,4)/t5-,6?;/m1./s1. The van der Waals surface area contributed by atoms with Crippen molar-refractivity contribution in [2.45, 2.75) is 37.8 Å². The average Bonchev–Trinajstić information content (AvgIpc) is 1.92. The minimum Gasteiger partial charge on any atom is -0.326 e. The van der Waals surface area contributed by atoms with Crippen molar-refractivity contribution in [3.05, 3.63) is 0 Å². The average molecular weight is 212 g/mol. The van der Waals surface area contributed by atoms with E-state index in [4.69, 9.17) is 29.0 Å². The lowest BCUT2D eigenvalue weighted by molar-refractivity contribution is 0.381. The number of hydrogen-bond acceptors (Lipinski definition) is 4. The lowest BCUT2D eigenvalue weighted by Gasteiger charge is -2.24. The van der Waals surface area contributed by atoms with Gasteiger partial charge in [-0.15, -0.1) is 0 Å². The molecule has 1 aliphatic carbocycles. The quantitative estimate of drug-likeness (QED) is 0.403. The van der Waals surface area contributed by atoms with Gasteiger partial charge >= 0.3 is 10.4 Å². The van der Waals surface area contributed by atoms with E-state index < -0.39 is 10.4 Å². The highest BCUT2D eigenvalue weighted by Crippen LogP contribution is 2.14. The Morgan fingerprint density at radius 3 is 1.38 bits per heavy atom. The predicted molar refractivity (Wildman–Crippen MR) is 48.6 cm³/mol. The summed E-state index contributed by atoms with van der Waals surface area (Å²) in [7, 11) is -4.67. The highest BCUT2D eigenvalue weighted by molar-refractivity contribution is 7.79. The first-order valence-corrected chi connectivity index (χ1v) is 5.41. The van der Waals surface area contributed by atoms with Crippen LogP contribution in [0.4, 0.5) is 0 Å². The second-order valence-electron chi connectivity index (χ2n) is 3.06. The maximum Gasteiger partial charge on any atom is 0.394 e. The summed E-state index contributed by atoms with van der Waals surface area (Å²) in [5.41, 5.74) is 11.3. The van der Waals surface area contributed by atoms with E-state index in [9.17, 15) is 0 Å². The van der Waals surface area contributed by atoms with Gasteiger partial charge in [0.1, 0.15) is 0 Å². The van der Waals surface area contributed by atoms with Gasteiger partial charge in [0.25, 0.3) is 0 Å². The fourth-order valence-electron chi connectivity index (χ4n) is 1.19. The van der Waals surface area contributed by atoms with Crippen molar-refractivity contribution in [2.24, 2.45) is 11.5 Å². The molecule has 1 fully saturated rings. The van der Waals surface area contributed by atoms with E-state index in [2.05, 4.69) is 0 Å². The molecule has 0 aromatic rings. The van der Waals surface area contributed by atoms with E-state index in [1.54, 1.807) is 0 Å². The van der Waals surface area contributed by atoms with E-state index in [0.717, 1.165) is 12.8 Å². The van der Waals surface area contributed by atoms with Crippen LogP contribution in [0.1, 0.15) is 25.7 Å². The molecule has 6 N–H and O–H groups in total. The maximum atomic E-state index is 8.74. The van der Waals surface area contributed by atoms with Gasteiger partial charge in [0.15, 0.2) is 0 Å². The zero-order valence-corrected chi connectivity index (χ0v) is 8.07. The van der Waals surface area contributed by atoms with Crippen LogP contribution in [-0.4, -0.2) is 29.6 Å². The van der Waals surface area contributed by atoms with Crippen molar-refractivity contribution in [3.8, 4) is 0 Å². The van der Waals surface area contributed by atoms with Gasteiger partial charge in [-0.25, -0.2) is 0 Å². The van der Waals surface area contributed by atoms with Gasteiger partial charge in [-0.1, -0.05) is 12.8 Å². The molecule has 13 heavy (non-hydrogen) atoms. The van der Waals surface area contributed by atoms with Crippen LogP contribution in [0, 0.1) is 0 Å². The van der Waals surface area contributed by atoms with Gasteiger partial charge in [0.05, 0.1) is 0 Å². The van der Waals surface area contributed by atoms with Crippen LogP contribution in [0.2, 0.25) is 0 Å².